The second kappa shape index (κ2) is 5.21. The molecule has 1 atom stereocenters. The molecule has 0 bridgehead atoms. The zero-order valence-corrected chi connectivity index (χ0v) is 10.0. The third kappa shape index (κ3) is 2.59. The van der Waals surface area contributed by atoms with Crippen LogP contribution >= 0.6 is 0 Å². The summed E-state index contributed by atoms with van der Waals surface area (Å²) >= 11 is 0. The van der Waals surface area contributed by atoms with Gasteiger partial charge in [0.05, 0.1) is 17.9 Å². The highest BCUT2D eigenvalue weighted by Crippen LogP contribution is 2.07. The van der Waals surface area contributed by atoms with Gasteiger partial charge < -0.3 is 10.6 Å². The first kappa shape index (κ1) is 12.0. The zero-order valence-electron chi connectivity index (χ0n) is 10.0. The van der Waals surface area contributed by atoms with E-state index in [2.05, 4.69) is 36.2 Å². The molecular weight excluding hydrogens is 234 g/mol. The van der Waals surface area contributed by atoms with E-state index in [1.807, 2.05) is 0 Å². The average molecular weight is 247 g/mol. The standard InChI is InChI=1S/C10H13N7O/c1-6(9-14-16-17-15-9)13-10(18)8-4-3-7(11-2)5-12-8/h3-6,11H,1-2H3,(H,13,18)(H,14,15,16,17). The number of aromatic amines is 1. The van der Waals surface area contributed by atoms with E-state index in [1.165, 1.54) is 0 Å². The Kier molecular flexibility index (Phi) is 3.46. The van der Waals surface area contributed by atoms with Crippen LogP contribution in [0.1, 0.15) is 29.3 Å². The van der Waals surface area contributed by atoms with Crippen LogP contribution in [0.5, 0.6) is 0 Å². The van der Waals surface area contributed by atoms with Gasteiger partial charge in [-0.05, 0) is 19.1 Å². The van der Waals surface area contributed by atoms with Gasteiger partial charge in [-0.15, -0.1) is 10.2 Å². The fourth-order valence-electron chi connectivity index (χ4n) is 1.36. The topological polar surface area (TPSA) is 108 Å². The van der Waals surface area contributed by atoms with Crippen LogP contribution in [0.3, 0.4) is 0 Å². The van der Waals surface area contributed by atoms with E-state index in [9.17, 15) is 4.79 Å². The molecule has 0 fully saturated rings. The molecule has 8 heteroatoms. The summed E-state index contributed by atoms with van der Waals surface area (Å²) in [4.78, 5) is 15.9. The molecule has 2 aromatic heterocycles. The molecule has 0 saturated heterocycles. The maximum atomic E-state index is 11.9. The lowest BCUT2D eigenvalue weighted by Gasteiger charge is -2.09. The van der Waals surface area contributed by atoms with E-state index in [-0.39, 0.29) is 11.9 Å². The molecule has 0 aliphatic carbocycles. The number of carbonyl (C=O) groups is 1. The predicted octanol–water partition coefficient (Wildman–Crippen LogP) is 0.127. The van der Waals surface area contributed by atoms with Crippen molar-refractivity contribution in [1.82, 2.24) is 30.9 Å². The second-order valence-electron chi connectivity index (χ2n) is 3.65. The Morgan fingerprint density at radius 2 is 2.28 bits per heavy atom. The Morgan fingerprint density at radius 1 is 1.44 bits per heavy atom. The van der Waals surface area contributed by atoms with E-state index in [0.29, 0.717) is 11.5 Å². The first-order chi connectivity index (χ1) is 8.70. The Bertz CT molecular complexity index is 508. The van der Waals surface area contributed by atoms with Gasteiger partial charge in [0.2, 0.25) is 0 Å². The van der Waals surface area contributed by atoms with Crippen molar-refractivity contribution < 1.29 is 4.79 Å². The van der Waals surface area contributed by atoms with Crippen molar-refractivity contribution in [1.29, 1.82) is 0 Å². The molecule has 0 radical (unpaired) electrons. The minimum absolute atomic E-state index is 0.282. The molecule has 0 aliphatic rings. The Morgan fingerprint density at radius 3 is 2.83 bits per heavy atom. The second-order valence-corrected chi connectivity index (χ2v) is 3.65. The Balaban J connectivity index is 2.03. The first-order valence-electron chi connectivity index (χ1n) is 5.38. The van der Waals surface area contributed by atoms with Gasteiger partial charge in [0, 0.05) is 7.05 Å². The minimum atomic E-state index is -0.331. The number of hydrogen-bond donors (Lipinski definition) is 3. The quantitative estimate of drug-likeness (QED) is 0.708. The molecule has 2 heterocycles. The monoisotopic (exact) mass is 247 g/mol. The van der Waals surface area contributed by atoms with Crippen LogP contribution in [0, 0.1) is 0 Å². The van der Waals surface area contributed by atoms with Crippen LogP contribution in [0.4, 0.5) is 5.69 Å². The highest BCUT2D eigenvalue weighted by molar-refractivity contribution is 5.92. The van der Waals surface area contributed by atoms with Gasteiger partial charge in [0.15, 0.2) is 5.82 Å². The summed E-state index contributed by atoms with van der Waals surface area (Å²) in [5, 5.41) is 19.0. The van der Waals surface area contributed by atoms with Crippen molar-refractivity contribution in [3.8, 4) is 0 Å². The van der Waals surface area contributed by atoms with Gasteiger partial charge in [-0.25, -0.2) is 4.98 Å². The van der Waals surface area contributed by atoms with E-state index in [4.69, 9.17) is 0 Å². The molecule has 0 saturated carbocycles. The molecule has 0 aromatic carbocycles. The third-order valence-electron chi connectivity index (χ3n) is 2.38. The molecule has 1 unspecified atom stereocenters. The van der Waals surface area contributed by atoms with Crippen molar-refractivity contribution in [2.75, 3.05) is 12.4 Å². The van der Waals surface area contributed by atoms with Crippen LogP contribution < -0.4 is 10.6 Å². The molecule has 1 amide bonds. The molecule has 2 aromatic rings. The fourth-order valence-corrected chi connectivity index (χ4v) is 1.36. The highest BCUT2D eigenvalue weighted by Gasteiger charge is 2.15. The number of amides is 1. The van der Waals surface area contributed by atoms with E-state index in [0.717, 1.165) is 5.69 Å². The summed E-state index contributed by atoms with van der Waals surface area (Å²) in [5.41, 5.74) is 1.18. The molecular formula is C10H13N7O. The summed E-state index contributed by atoms with van der Waals surface area (Å²) in [6.07, 6.45) is 1.59. The van der Waals surface area contributed by atoms with Crippen molar-refractivity contribution in [2.45, 2.75) is 13.0 Å². The molecule has 8 nitrogen and oxygen atoms in total. The third-order valence-corrected chi connectivity index (χ3v) is 2.38. The number of aromatic nitrogens is 5. The minimum Gasteiger partial charge on any atom is -0.387 e. The smallest absolute Gasteiger partial charge is 0.270 e. The van der Waals surface area contributed by atoms with Crippen LogP contribution in [-0.4, -0.2) is 38.6 Å². The van der Waals surface area contributed by atoms with Crippen LogP contribution in [0.15, 0.2) is 18.3 Å². The predicted molar refractivity (Wildman–Crippen MR) is 63.8 cm³/mol. The number of H-pyrrole nitrogens is 1. The van der Waals surface area contributed by atoms with E-state index in [1.54, 1.807) is 32.3 Å². The van der Waals surface area contributed by atoms with E-state index < -0.39 is 0 Å². The van der Waals surface area contributed by atoms with Gasteiger partial charge >= 0.3 is 0 Å². The summed E-state index contributed by atoms with van der Waals surface area (Å²) in [5.74, 6) is 0.144. The molecule has 0 aliphatic heterocycles. The van der Waals surface area contributed by atoms with Crippen molar-refractivity contribution in [3.63, 3.8) is 0 Å². The number of pyridine rings is 1. The van der Waals surface area contributed by atoms with Gasteiger partial charge in [-0.2, -0.15) is 5.21 Å². The molecule has 18 heavy (non-hydrogen) atoms. The molecule has 3 N–H and O–H groups in total. The Hall–Kier alpha value is -2.51. The number of anilines is 1. The lowest BCUT2D eigenvalue weighted by atomic mass is 10.2. The number of carbonyl (C=O) groups excluding carboxylic acids is 1. The van der Waals surface area contributed by atoms with Crippen LogP contribution in [0.25, 0.3) is 0 Å². The Labute approximate surface area is 103 Å². The maximum absolute atomic E-state index is 11.9. The first-order valence-corrected chi connectivity index (χ1v) is 5.38. The molecule has 0 spiro atoms. The average Bonchev–Trinajstić information content (AvgIpc) is 2.92. The fraction of sp³-hybridized carbons (Fsp3) is 0.300. The van der Waals surface area contributed by atoms with Gasteiger partial charge in [0.25, 0.3) is 5.91 Å². The normalized spacial score (nSPS) is 11.9. The number of nitrogens with zero attached hydrogens (tertiary/aromatic N) is 4. The number of hydrogen-bond acceptors (Lipinski definition) is 6. The largest absolute Gasteiger partial charge is 0.387 e. The van der Waals surface area contributed by atoms with Gasteiger partial charge in [0.1, 0.15) is 5.69 Å². The van der Waals surface area contributed by atoms with Crippen LogP contribution in [-0.2, 0) is 0 Å². The highest BCUT2D eigenvalue weighted by atomic mass is 16.1. The summed E-state index contributed by atoms with van der Waals surface area (Å²) in [6, 6.07) is 3.09. The molecule has 2 rings (SSSR count). The van der Waals surface area contributed by atoms with Gasteiger partial charge in [-0.1, -0.05) is 5.21 Å². The maximum Gasteiger partial charge on any atom is 0.270 e. The summed E-state index contributed by atoms with van der Waals surface area (Å²) < 4.78 is 0. The van der Waals surface area contributed by atoms with Gasteiger partial charge in [-0.3, -0.25) is 4.79 Å². The number of rotatable bonds is 4. The van der Waals surface area contributed by atoms with Crippen molar-refractivity contribution >= 4 is 11.6 Å². The van der Waals surface area contributed by atoms with Crippen LogP contribution in [0.2, 0.25) is 0 Å². The molecule has 94 valence electrons. The summed E-state index contributed by atoms with van der Waals surface area (Å²) in [7, 11) is 1.79. The number of nitrogens with one attached hydrogen (secondary N) is 3. The van der Waals surface area contributed by atoms with Crippen molar-refractivity contribution in [3.05, 3.63) is 29.8 Å². The number of tetrazole rings is 1. The SMILES string of the molecule is CNc1ccc(C(=O)NC(C)c2nn[nH]n2)nc1. The lowest BCUT2D eigenvalue weighted by Crippen LogP contribution is -2.28. The zero-order chi connectivity index (χ0) is 13.0. The lowest BCUT2D eigenvalue weighted by molar-refractivity contribution is 0.0933. The van der Waals surface area contributed by atoms with E-state index >= 15 is 0 Å². The van der Waals surface area contributed by atoms with Crippen molar-refractivity contribution in [2.24, 2.45) is 0 Å². The summed E-state index contributed by atoms with van der Waals surface area (Å²) in [6.45, 7) is 1.77.